The summed E-state index contributed by atoms with van der Waals surface area (Å²) in [6, 6.07) is 8.74. The van der Waals surface area contributed by atoms with Crippen LogP contribution in [-0.4, -0.2) is 44.8 Å². The second kappa shape index (κ2) is 11.7. The molecule has 3 aromatic rings. The van der Waals surface area contributed by atoms with E-state index in [4.69, 9.17) is 24.7 Å². The van der Waals surface area contributed by atoms with Crippen LogP contribution in [0.2, 0.25) is 0 Å². The fraction of sp³-hybridized carbons (Fsp3) is 0.304. The molecule has 10 heteroatoms. The molecule has 3 N–H and O–H groups in total. The molecule has 8 nitrogen and oxygen atoms in total. The van der Waals surface area contributed by atoms with E-state index in [-0.39, 0.29) is 18.3 Å². The van der Waals surface area contributed by atoms with Crippen LogP contribution in [0, 0.1) is 0 Å². The number of nitrogens with two attached hydrogens (primary N) is 1. The van der Waals surface area contributed by atoms with Gasteiger partial charge in [0.25, 0.3) is 0 Å². The van der Waals surface area contributed by atoms with Crippen molar-refractivity contribution in [2.24, 2.45) is 5.73 Å². The van der Waals surface area contributed by atoms with Gasteiger partial charge in [0.2, 0.25) is 11.7 Å². The molecule has 0 aliphatic rings. The first kappa shape index (κ1) is 26.2. The first-order valence-corrected chi connectivity index (χ1v) is 10.7. The van der Waals surface area contributed by atoms with E-state index in [1.807, 2.05) is 31.2 Å². The highest BCUT2D eigenvalue weighted by molar-refractivity contribution is 7.10. The number of amides is 1. The van der Waals surface area contributed by atoms with Crippen molar-refractivity contribution in [3.63, 3.8) is 0 Å². The van der Waals surface area contributed by atoms with Gasteiger partial charge in [-0.3, -0.25) is 4.79 Å². The van der Waals surface area contributed by atoms with Gasteiger partial charge in [0.05, 0.1) is 45.0 Å². The van der Waals surface area contributed by atoms with E-state index >= 15 is 0 Å². The summed E-state index contributed by atoms with van der Waals surface area (Å²) >= 11 is 1.35. The van der Waals surface area contributed by atoms with Crippen LogP contribution in [0.5, 0.6) is 23.0 Å². The van der Waals surface area contributed by atoms with Crippen LogP contribution < -0.4 is 30.0 Å². The van der Waals surface area contributed by atoms with Gasteiger partial charge >= 0.3 is 0 Å². The summed E-state index contributed by atoms with van der Waals surface area (Å²) in [4.78, 5) is 13.3. The maximum Gasteiger partial charge on any atom is 0.241 e. The van der Waals surface area contributed by atoms with Gasteiger partial charge in [-0.25, -0.2) is 0 Å². The second-order valence-electron chi connectivity index (χ2n) is 6.90. The molecule has 1 amide bonds. The van der Waals surface area contributed by atoms with E-state index in [0.29, 0.717) is 35.1 Å². The van der Waals surface area contributed by atoms with Gasteiger partial charge in [-0.2, -0.15) is 4.37 Å². The van der Waals surface area contributed by atoms with Crippen LogP contribution in [0.15, 0.2) is 36.5 Å². The molecule has 1 unspecified atom stereocenters. The maximum atomic E-state index is 12.4. The summed E-state index contributed by atoms with van der Waals surface area (Å²) < 4.78 is 26.2. The van der Waals surface area contributed by atoms with Gasteiger partial charge in [0.1, 0.15) is 5.75 Å². The molecule has 1 atom stereocenters. The van der Waals surface area contributed by atoms with Crippen LogP contribution in [0.1, 0.15) is 13.3 Å². The fourth-order valence-corrected chi connectivity index (χ4v) is 4.01. The third-order valence-corrected chi connectivity index (χ3v) is 5.89. The second-order valence-corrected chi connectivity index (χ2v) is 7.70. The number of nitrogens with zero attached hydrogens (tertiary/aromatic N) is 1. The van der Waals surface area contributed by atoms with Crippen molar-refractivity contribution < 1.29 is 23.7 Å². The molecule has 1 aromatic heterocycles. The molecular formula is C23H28ClN3O5S. The Balaban J connectivity index is 0.00000385. The van der Waals surface area contributed by atoms with Crippen LogP contribution in [-0.2, 0) is 4.79 Å². The summed E-state index contributed by atoms with van der Waals surface area (Å²) in [6.07, 6.45) is 2.32. The minimum Gasteiger partial charge on any atom is -0.495 e. The van der Waals surface area contributed by atoms with E-state index in [0.717, 1.165) is 21.6 Å². The predicted molar refractivity (Wildman–Crippen MR) is 133 cm³/mol. The quantitative estimate of drug-likeness (QED) is 0.448. The molecule has 0 saturated heterocycles. The first-order valence-electron chi connectivity index (χ1n) is 9.97. The monoisotopic (exact) mass is 493 g/mol. The summed E-state index contributed by atoms with van der Waals surface area (Å²) in [5.41, 5.74) is 9.04. The average molecular weight is 494 g/mol. The Morgan fingerprint density at radius 1 is 1.00 bits per heavy atom. The Kier molecular flexibility index (Phi) is 9.33. The SMILES string of the molecule is CCC(N)C(=O)Nc1cc(-c2cnsc2-c2cc(OC)c(OC)c(OC)c2)ccc1OC.Cl. The number of carbonyl (C=O) groups is 1. The summed E-state index contributed by atoms with van der Waals surface area (Å²) in [7, 11) is 6.27. The van der Waals surface area contributed by atoms with Crippen molar-refractivity contribution in [3.05, 3.63) is 36.5 Å². The molecule has 0 fully saturated rings. The third-order valence-electron chi connectivity index (χ3n) is 5.04. The molecule has 0 radical (unpaired) electrons. The first-order chi connectivity index (χ1) is 15.5. The molecule has 178 valence electrons. The lowest BCUT2D eigenvalue weighted by molar-refractivity contribution is -0.117. The Morgan fingerprint density at radius 3 is 2.18 bits per heavy atom. The van der Waals surface area contributed by atoms with Gasteiger partial charge in [-0.15, -0.1) is 12.4 Å². The third kappa shape index (κ3) is 5.50. The van der Waals surface area contributed by atoms with Crippen molar-refractivity contribution in [1.82, 2.24) is 4.37 Å². The van der Waals surface area contributed by atoms with Gasteiger partial charge in [-0.1, -0.05) is 13.0 Å². The smallest absolute Gasteiger partial charge is 0.241 e. The fourth-order valence-electron chi connectivity index (χ4n) is 3.25. The number of hydrogen-bond donors (Lipinski definition) is 2. The maximum absolute atomic E-state index is 12.4. The number of anilines is 1. The zero-order valence-electron chi connectivity index (χ0n) is 19.1. The Hall–Kier alpha value is -3.01. The summed E-state index contributed by atoms with van der Waals surface area (Å²) in [5, 5.41) is 2.86. The minimum atomic E-state index is -0.596. The largest absolute Gasteiger partial charge is 0.495 e. The number of halogens is 1. The molecular weight excluding hydrogens is 466 g/mol. The van der Waals surface area contributed by atoms with Gasteiger partial charge < -0.3 is 30.0 Å². The molecule has 33 heavy (non-hydrogen) atoms. The van der Waals surface area contributed by atoms with E-state index in [2.05, 4.69) is 9.69 Å². The van der Waals surface area contributed by atoms with Crippen LogP contribution in [0.3, 0.4) is 0 Å². The lowest BCUT2D eigenvalue weighted by Gasteiger charge is -2.16. The van der Waals surface area contributed by atoms with Crippen LogP contribution in [0.25, 0.3) is 21.6 Å². The number of hydrogen-bond acceptors (Lipinski definition) is 8. The highest BCUT2D eigenvalue weighted by Crippen LogP contribution is 2.45. The number of methoxy groups -OCH3 is 4. The molecule has 1 heterocycles. The van der Waals surface area contributed by atoms with Crippen molar-refractivity contribution >= 4 is 35.5 Å². The van der Waals surface area contributed by atoms with E-state index in [1.54, 1.807) is 40.7 Å². The van der Waals surface area contributed by atoms with Gasteiger partial charge in [0, 0.05) is 17.3 Å². The number of ether oxygens (including phenoxy) is 4. The zero-order chi connectivity index (χ0) is 23.3. The molecule has 0 spiro atoms. The normalized spacial score (nSPS) is 11.2. The molecule has 0 saturated carbocycles. The van der Waals surface area contributed by atoms with E-state index in [1.165, 1.54) is 11.5 Å². The molecule has 2 aromatic carbocycles. The summed E-state index contributed by atoms with van der Waals surface area (Å²) in [6.45, 7) is 1.86. The molecule has 0 aliphatic heterocycles. The topological polar surface area (TPSA) is 105 Å². The van der Waals surface area contributed by atoms with Crippen molar-refractivity contribution in [2.45, 2.75) is 19.4 Å². The Morgan fingerprint density at radius 2 is 1.64 bits per heavy atom. The van der Waals surface area contributed by atoms with Crippen molar-refractivity contribution in [1.29, 1.82) is 0 Å². The Bertz CT molecular complexity index is 1080. The summed E-state index contributed by atoms with van der Waals surface area (Å²) in [5.74, 6) is 1.90. The number of carbonyl (C=O) groups excluding carboxylic acids is 1. The highest BCUT2D eigenvalue weighted by atomic mass is 35.5. The number of benzene rings is 2. The molecule has 3 rings (SSSR count). The zero-order valence-corrected chi connectivity index (χ0v) is 20.8. The minimum absolute atomic E-state index is 0. The number of nitrogens with one attached hydrogen (secondary N) is 1. The average Bonchev–Trinajstić information content (AvgIpc) is 3.32. The lowest BCUT2D eigenvalue weighted by Crippen LogP contribution is -2.34. The number of rotatable bonds is 9. The van der Waals surface area contributed by atoms with Crippen molar-refractivity contribution in [3.8, 4) is 44.6 Å². The van der Waals surface area contributed by atoms with Gasteiger partial charge in [0.15, 0.2) is 11.5 Å². The standard InChI is InChI=1S/C23H27N3O5S.ClH/c1-6-16(24)23(27)26-17-9-13(7-8-18(17)28-2)15-12-25-32-22(15)14-10-19(29-3)21(31-5)20(11-14)30-4;/h7-12,16H,6,24H2,1-5H3,(H,26,27);1H. The Labute approximate surface area is 203 Å². The van der Waals surface area contributed by atoms with Crippen molar-refractivity contribution in [2.75, 3.05) is 33.8 Å². The predicted octanol–water partition coefficient (Wildman–Crippen LogP) is 4.61. The van der Waals surface area contributed by atoms with Gasteiger partial charge in [-0.05, 0) is 47.8 Å². The lowest BCUT2D eigenvalue weighted by atomic mass is 10.0. The van der Waals surface area contributed by atoms with Crippen LogP contribution >= 0.6 is 23.9 Å². The molecule has 0 bridgehead atoms. The highest BCUT2D eigenvalue weighted by Gasteiger charge is 2.19. The number of aromatic nitrogens is 1. The van der Waals surface area contributed by atoms with E-state index < -0.39 is 6.04 Å². The van der Waals surface area contributed by atoms with E-state index in [9.17, 15) is 4.79 Å². The van der Waals surface area contributed by atoms with Crippen LogP contribution in [0.4, 0.5) is 5.69 Å². The molecule has 0 aliphatic carbocycles.